The van der Waals surface area contributed by atoms with E-state index in [1.165, 1.54) is 17.7 Å². The van der Waals surface area contributed by atoms with Crippen LogP contribution in [-0.2, 0) is 0 Å². The second kappa shape index (κ2) is 7.95. The highest BCUT2D eigenvalue weighted by atomic mass is 19.1. The largest absolute Gasteiger partial charge is 0.393 e. The summed E-state index contributed by atoms with van der Waals surface area (Å²) in [4.78, 5) is 13.2. The van der Waals surface area contributed by atoms with Crippen molar-refractivity contribution in [3.8, 4) is 0 Å². The van der Waals surface area contributed by atoms with Gasteiger partial charge in [0.05, 0.1) is 0 Å². The maximum absolute atomic E-state index is 13.2. The third-order valence-corrected chi connectivity index (χ3v) is 5.27. The number of benzene rings is 2. The Labute approximate surface area is 170 Å². The van der Waals surface area contributed by atoms with Crippen LogP contribution in [0.15, 0.2) is 48.8 Å². The molecular formula is C22H25FN6. The van der Waals surface area contributed by atoms with Crippen molar-refractivity contribution < 1.29 is 4.39 Å². The Bertz CT molecular complexity index is 997. The Morgan fingerprint density at radius 3 is 2.31 bits per heavy atom. The number of aromatic nitrogens is 2. The minimum atomic E-state index is -0.218. The van der Waals surface area contributed by atoms with Crippen LogP contribution in [0.4, 0.5) is 33.1 Å². The number of nitrogen functional groups attached to an aromatic ring is 1. The lowest BCUT2D eigenvalue weighted by molar-refractivity contribution is 0.624. The first kappa shape index (κ1) is 19.0. The second-order valence-corrected chi connectivity index (χ2v) is 7.35. The van der Waals surface area contributed by atoms with Crippen molar-refractivity contribution in [2.45, 2.75) is 13.8 Å². The minimum Gasteiger partial charge on any atom is -0.393 e. The topological polar surface area (TPSA) is 70.3 Å². The number of nitrogens with zero attached hydrogens (tertiary/aromatic N) is 4. The molecule has 2 heterocycles. The van der Waals surface area contributed by atoms with Gasteiger partial charge in [0.1, 0.15) is 17.8 Å². The fourth-order valence-corrected chi connectivity index (χ4v) is 3.65. The van der Waals surface area contributed by atoms with Crippen LogP contribution in [0, 0.1) is 19.7 Å². The zero-order valence-electron chi connectivity index (χ0n) is 16.7. The van der Waals surface area contributed by atoms with E-state index < -0.39 is 0 Å². The fourth-order valence-electron chi connectivity index (χ4n) is 3.65. The van der Waals surface area contributed by atoms with Gasteiger partial charge in [-0.25, -0.2) is 14.4 Å². The summed E-state index contributed by atoms with van der Waals surface area (Å²) in [6.45, 7) is 7.31. The molecular weight excluding hydrogens is 367 g/mol. The first-order chi connectivity index (χ1) is 14.0. The van der Waals surface area contributed by atoms with Crippen LogP contribution in [0.5, 0.6) is 0 Å². The average molecular weight is 392 g/mol. The number of halogens is 1. The lowest BCUT2D eigenvalue weighted by atomic mass is 10.1. The molecule has 2 aromatic carbocycles. The van der Waals surface area contributed by atoms with Crippen molar-refractivity contribution in [3.05, 3.63) is 65.7 Å². The summed E-state index contributed by atoms with van der Waals surface area (Å²) in [7, 11) is 0. The molecule has 3 aromatic rings. The number of nitrogens with one attached hydrogen (secondary N) is 1. The van der Waals surface area contributed by atoms with Gasteiger partial charge in [-0.3, -0.25) is 0 Å². The maximum Gasteiger partial charge on any atom is 0.159 e. The summed E-state index contributed by atoms with van der Waals surface area (Å²) < 4.78 is 13.2. The van der Waals surface area contributed by atoms with E-state index >= 15 is 0 Å². The first-order valence-corrected chi connectivity index (χ1v) is 9.71. The van der Waals surface area contributed by atoms with Crippen LogP contribution >= 0.6 is 0 Å². The quantitative estimate of drug-likeness (QED) is 0.702. The van der Waals surface area contributed by atoms with Gasteiger partial charge >= 0.3 is 0 Å². The maximum atomic E-state index is 13.2. The number of hydrogen-bond acceptors (Lipinski definition) is 6. The number of hydrogen-bond donors (Lipinski definition) is 2. The summed E-state index contributed by atoms with van der Waals surface area (Å²) in [6, 6.07) is 12.8. The Morgan fingerprint density at radius 1 is 0.931 bits per heavy atom. The summed E-state index contributed by atoms with van der Waals surface area (Å²) in [5.74, 6) is 1.14. The average Bonchev–Trinajstić information content (AvgIpc) is 2.72. The lowest BCUT2D eigenvalue weighted by Gasteiger charge is -2.37. The van der Waals surface area contributed by atoms with Gasteiger partial charge in [-0.15, -0.1) is 0 Å². The fraction of sp³-hybridized carbons (Fsp3) is 0.273. The Hall–Kier alpha value is -3.35. The molecule has 29 heavy (non-hydrogen) atoms. The molecule has 3 N–H and O–H groups in total. The van der Waals surface area contributed by atoms with Crippen molar-refractivity contribution in [2.75, 3.05) is 47.0 Å². The molecule has 1 aliphatic heterocycles. The van der Waals surface area contributed by atoms with Crippen LogP contribution in [0.2, 0.25) is 0 Å². The normalized spacial score (nSPS) is 14.2. The van der Waals surface area contributed by atoms with E-state index in [1.54, 1.807) is 6.33 Å². The Morgan fingerprint density at radius 2 is 1.62 bits per heavy atom. The molecule has 0 saturated carbocycles. The van der Waals surface area contributed by atoms with E-state index in [4.69, 9.17) is 5.73 Å². The minimum absolute atomic E-state index is 0.218. The third-order valence-electron chi connectivity index (χ3n) is 5.27. The SMILES string of the molecule is Cc1ccc(Nc2ncnc(N3CCN(c4ccc(F)cc4)CC3)c2N)c(C)c1. The molecule has 4 rings (SSSR count). The van der Waals surface area contributed by atoms with Crippen molar-refractivity contribution in [1.29, 1.82) is 0 Å². The van der Waals surface area contributed by atoms with Gasteiger partial charge < -0.3 is 20.9 Å². The standard InChI is InChI=1S/C22H25FN6/c1-15-3-8-19(16(2)13-15)27-21-20(24)22(26-14-25-21)29-11-9-28(10-12-29)18-6-4-17(23)5-7-18/h3-8,13-14H,9-12,24H2,1-2H3,(H,25,26,27). The van der Waals surface area contributed by atoms with Crippen molar-refractivity contribution in [3.63, 3.8) is 0 Å². The zero-order valence-corrected chi connectivity index (χ0v) is 16.7. The summed E-state index contributed by atoms with van der Waals surface area (Å²) in [5.41, 5.74) is 11.3. The molecule has 0 bridgehead atoms. The third kappa shape index (κ3) is 4.08. The summed E-state index contributed by atoms with van der Waals surface area (Å²) >= 11 is 0. The molecule has 0 spiro atoms. The van der Waals surface area contributed by atoms with E-state index in [2.05, 4.69) is 51.1 Å². The highest BCUT2D eigenvalue weighted by Crippen LogP contribution is 2.30. The predicted octanol–water partition coefficient (Wildman–Crippen LogP) is 3.88. The molecule has 1 fully saturated rings. The molecule has 150 valence electrons. The molecule has 0 aliphatic carbocycles. The van der Waals surface area contributed by atoms with Gasteiger partial charge in [0, 0.05) is 37.6 Å². The molecule has 0 atom stereocenters. The van der Waals surface area contributed by atoms with Crippen molar-refractivity contribution in [2.24, 2.45) is 0 Å². The van der Waals surface area contributed by atoms with Gasteiger partial charge in [0.2, 0.25) is 0 Å². The number of piperazine rings is 1. The van der Waals surface area contributed by atoms with Crippen LogP contribution in [-0.4, -0.2) is 36.1 Å². The van der Waals surface area contributed by atoms with Crippen LogP contribution < -0.4 is 20.9 Å². The smallest absolute Gasteiger partial charge is 0.159 e. The van der Waals surface area contributed by atoms with Crippen LogP contribution in [0.25, 0.3) is 0 Å². The Kier molecular flexibility index (Phi) is 5.20. The van der Waals surface area contributed by atoms with E-state index in [-0.39, 0.29) is 5.82 Å². The molecule has 6 nitrogen and oxygen atoms in total. The van der Waals surface area contributed by atoms with Gasteiger partial charge in [0.25, 0.3) is 0 Å². The number of nitrogens with two attached hydrogens (primary N) is 1. The van der Waals surface area contributed by atoms with Gasteiger partial charge in [-0.1, -0.05) is 17.7 Å². The van der Waals surface area contributed by atoms with E-state index in [0.717, 1.165) is 48.9 Å². The molecule has 1 aromatic heterocycles. The molecule has 0 unspecified atom stereocenters. The van der Waals surface area contributed by atoms with Crippen LogP contribution in [0.3, 0.4) is 0 Å². The van der Waals surface area contributed by atoms with Crippen LogP contribution in [0.1, 0.15) is 11.1 Å². The Balaban J connectivity index is 1.48. The van der Waals surface area contributed by atoms with Gasteiger partial charge in [-0.05, 0) is 49.7 Å². The molecule has 1 saturated heterocycles. The first-order valence-electron chi connectivity index (χ1n) is 9.71. The van der Waals surface area contributed by atoms with E-state index in [0.29, 0.717) is 11.5 Å². The number of anilines is 5. The van der Waals surface area contributed by atoms with Gasteiger partial charge in [-0.2, -0.15) is 0 Å². The summed E-state index contributed by atoms with van der Waals surface area (Å²) in [5, 5.41) is 3.34. The second-order valence-electron chi connectivity index (χ2n) is 7.35. The zero-order chi connectivity index (χ0) is 20.4. The van der Waals surface area contributed by atoms with E-state index in [9.17, 15) is 4.39 Å². The lowest BCUT2D eigenvalue weighted by Crippen LogP contribution is -2.47. The van der Waals surface area contributed by atoms with Crippen molar-refractivity contribution in [1.82, 2.24) is 9.97 Å². The summed E-state index contributed by atoms with van der Waals surface area (Å²) in [6.07, 6.45) is 1.55. The monoisotopic (exact) mass is 392 g/mol. The van der Waals surface area contributed by atoms with E-state index in [1.807, 2.05) is 18.2 Å². The molecule has 7 heteroatoms. The number of rotatable bonds is 4. The predicted molar refractivity (Wildman–Crippen MR) is 116 cm³/mol. The van der Waals surface area contributed by atoms with Crippen molar-refractivity contribution >= 4 is 28.7 Å². The highest BCUT2D eigenvalue weighted by Gasteiger charge is 2.21. The number of aryl methyl sites for hydroxylation is 2. The molecule has 0 radical (unpaired) electrons. The molecule has 0 amide bonds. The molecule has 1 aliphatic rings. The highest BCUT2D eigenvalue weighted by molar-refractivity contribution is 5.79. The van der Waals surface area contributed by atoms with Gasteiger partial charge in [0.15, 0.2) is 11.6 Å².